The number of amides is 1. The van der Waals surface area contributed by atoms with Gasteiger partial charge in [-0.15, -0.1) is 0 Å². The van der Waals surface area contributed by atoms with Gasteiger partial charge >= 0.3 is 0 Å². The monoisotopic (exact) mass is 322 g/mol. The van der Waals surface area contributed by atoms with Gasteiger partial charge in [0, 0.05) is 37.2 Å². The maximum absolute atomic E-state index is 11.9. The lowest BCUT2D eigenvalue weighted by atomic mass is 10.0. The van der Waals surface area contributed by atoms with Crippen molar-refractivity contribution in [2.24, 2.45) is 0 Å². The van der Waals surface area contributed by atoms with Crippen LogP contribution in [0.1, 0.15) is 18.2 Å². The summed E-state index contributed by atoms with van der Waals surface area (Å²) in [5.74, 6) is 0.461. The number of hydrogen-bond donors (Lipinski definition) is 0. The molecule has 0 bridgehead atoms. The highest BCUT2D eigenvalue weighted by Gasteiger charge is 2.16. The number of fused-ring (bicyclic) bond motifs is 1. The predicted octanol–water partition coefficient (Wildman–Crippen LogP) is 3.04. The minimum Gasteiger partial charge on any atom is -0.356 e. The molecule has 0 atom stereocenters. The number of para-hydroxylation sites is 1. The first-order chi connectivity index (χ1) is 11.6. The molecular formula is C19H18N2O3. The summed E-state index contributed by atoms with van der Waals surface area (Å²) in [5.41, 5.74) is 3.37. The first-order valence-corrected chi connectivity index (χ1v) is 7.78. The fourth-order valence-corrected chi connectivity index (χ4v) is 2.74. The van der Waals surface area contributed by atoms with Crippen LogP contribution in [0.15, 0.2) is 57.8 Å². The minimum absolute atomic E-state index is 0.0208. The van der Waals surface area contributed by atoms with E-state index in [2.05, 4.69) is 5.16 Å². The van der Waals surface area contributed by atoms with Crippen LogP contribution in [-0.2, 0) is 11.2 Å². The molecule has 24 heavy (non-hydrogen) atoms. The van der Waals surface area contributed by atoms with Crippen LogP contribution >= 0.6 is 0 Å². The molecule has 0 spiro atoms. The second-order valence-electron chi connectivity index (χ2n) is 5.67. The van der Waals surface area contributed by atoms with E-state index < -0.39 is 0 Å². The lowest BCUT2D eigenvalue weighted by molar-refractivity contribution is -0.116. The summed E-state index contributed by atoms with van der Waals surface area (Å²) in [6.45, 7) is 4.01. The molecule has 5 nitrogen and oxygen atoms in total. The van der Waals surface area contributed by atoms with Gasteiger partial charge in [-0.2, -0.15) is 0 Å². The molecule has 5 heteroatoms. The number of rotatable bonds is 4. The number of hydrogen-bond acceptors (Lipinski definition) is 4. The molecule has 1 aromatic rings. The Morgan fingerprint density at radius 3 is 2.62 bits per heavy atom. The van der Waals surface area contributed by atoms with Crippen molar-refractivity contribution in [2.75, 3.05) is 11.4 Å². The van der Waals surface area contributed by atoms with E-state index in [1.807, 2.05) is 37.3 Å². The van der Waals surface area contributed by atoms with Gasteiger partial charge in [-0.05, 0) is 36.8 Å². The van der Waals surface area contributed by atoms with Crippen molar-refractivity contribution in [2.45, 2.75) is 20.3 Å². The smallest absolute Gasteiger partial charge is 0.223 e. The lowest BCUT2D eigenvalue weighted by Gasteiger charge is -2.21. The van der Waals surface area contributed by atoms with Crippen molar-refractivity contribution in [1.29, 1.82) is 0 Å². The summed E-state index contributed by atoms with van der Waals surface area (Å²) >= 11 is 0. The molecule has 1 aliphatic heterocycles. The summed E-state index contributed by atoms with van der Waals surface area (Å²) in [5, 5.41) is 4.12. The second-order valence-corrected chi connectivity index (χ2v) is 5.67. The van der Waals surface area contributed by atoms with Gasteiger partial charge in [0.15, 0.2) is 11.2 Å². The molecule has 1 heterocycles. The Labute approximate surface area is 139 Å². The molecule has 0 unspecified atom stereocenters. The molecule has 2 aliphatic rings. The van der Waals surface area contributed by atoms with Crippen LogP contribution in [0.3, 0.4) is 0 Å². The third-order valence-electron chi connectivity index (χ3n) is 4.06. The molecule has 0 N–H and O–H groups in total. The van der Waals surface area contributed by atoms with Crippen LogP contribution in [0.25, 0.3) is 11.3 Å². The van der Waals surface area contributed by atoms with E-state index in [9.17, 15) is 9.59 Å². The third kappa shape index (κ3) is 3.20. The van der Waals surface area contributed by atoms with Crippen molar-refractivity contribution in [3.8, 4) is 11.3 Å². The molecule has 0 saturated carbocycles. The van der Waals surface area contributed by atoms with Crippen LogP contribution in [0, 0.1) is 6.92 Å². The quantitative estimate of drug-likeness (QED) is 0.740. The van der Waals surface area contributed by atoms with E-state index in [1.165, 1.54) is 12.1 Å². The Kier molecular flexibility index (Phi) is 4.42. The molecule has 1 aliphatic carbocycles. The lowest BCUT2D eigenvalue weighted by Crippen LogP contribution is -2.30. The molecule has 122 valence electrons. The standard InChI is InChI=1S/C19H18N2O3/c1-13-17-9-8-16(23)12-19(17)24-20-18(13)10-11-21(14(2)22)15-6-4-3-5-7-15/h3-9,12H,10-11H2,1-2H3. The van der Waals surface area contributed by atoms with Gasteiger partial charge < -0.3 is 9.42 Å². The topological polar surface area (TPSA) is 63.4 Å². The number of benzene rings is 2. The fourth-order valence-electron chi connectivity index (χ4n) is 2.74. The number of carbonyl (C=O) groups is 1. The molecule has 0 saturated heterocycles. The summed E-state index contributed by atoms with van der Waals surface area (Å²) in [4.78, 5) is 25.1. The van der Waals surface area contributed by atoms with E-state index in [-0.39, 0.29) is 11.3 Å². The summed E-state index contributed by atoms with van der Waals surface area (Å²) in [6.07, 6.45) is 0.568. The van der Waals surface area contributed by atoms with Crippen molar-refractivity contribution in [3.63, 3.8) is 0 Å². The highest BCUT2D eigenvalue weighted by molar-refractivity contribution is 5.91. The largest absolute Gasteiger partial charge is 0.356 e. The van der Waals surface area contributed by atoms with E-state index in [0.717, 1.165) is 22.5 Å². The molecule has 0 fully saturated rings. The van der Waals surface area contributed by atoms with Crippen LogP contribution in [0.4, 0.5) is 5.69 Å². The first kappa shape index (κ1) is 15.9. The van der Waals surface area contributed by atoms with Gasteiger partial charge in [0.1, 0.15) is 0 Å². The van der Waals surface area contributed by atoms with E-state index >= 15 is 0 Å². The zero-order valence-electron chi connectivity index (χ0n) is 13.7. The maximum atomic E-state index is 11.9. The van der Waals surface area contributed by atoms with E-state index in [4.69, 9.17) is 4.52 Å². The number of anilines is 1. The van der Waals surface area contributed by atoms with Crippen molar-refractivity contribution in [3.05, 3.63) is 70.0 Å². The molecule has 1 amide bonds. The Morgan fingerprint density at radius 2 is 1.92 bits per heavy atom. The molecule has 0 radical (unpaired) electrons. The Morgan fingerprint density at radius 1 is 1.17 bits per heavy atom. The van der Waals surface area contributed by atoms with Gasteiger partial charge in [0.25, 0.3) is 0 Å². The molecule has 3 rings (SSSR count). The van der Waals surface area contributed by atoms with Gasteiger partial charge in [0.2, 0.25) is 5.91 Å². The highest BCUT2D eigenvalue weighted by Crippen LogP contribution is 2.25. The van der Waals surface area contributed by atoms with Gasteiger partial charge in [-0.25, -0.2) is 0 Å². The highest BCUT2D eigenvalue weighted by atomic mass is 16.5. The maximum Gasteiger partial charge on any atom is 0.223 e. The Hall–Kier alpha value is -2.95. The Bertz CT molecular complexity index is 887. The van der Waals surface area contributed by atoms with Gasteiger partial charge in [-0.3, -0.25) is 9.59 Å². The van der Waals surface area contributed by atoms with Crippen LogP contribution in [0.5, 0.6) is 0 Å². The normalized spacial score (nSPS) is 10.8. The van der Waals surface area contributed by atoms with Crippen LogP contribution in [-0.4, -0.2) is 17.6 Å². The van der Waals surface area contributed by atoms with E-state index in [1.54, 1.807) is 17.9 Å². The zero-order valence-corrected chi connectivity index (χ0v) is 13.7. The zero-order chi connectivity index (χ0) is 17.1. The van der Waals surface area contributed by atoms with Crippen LogP contribution in [0.2, 0.25) is 0 Å². The average Bonchev–Trinajstić information content (AvgIpc) is 2.57. The van der Waals surface area contributed by atoms with Crippen molar-refractivity contribution in [1.82, 2.24) is 5.16 Å². The predicted molar refractivity (Wildman–Crippen MR) is 92.3 cm³/mol. The van der Waals surface area contributed by atoms with E-state index in [0.29, 0.717) is 18.7 Å². The van der Waals surface area contributed by atoms with Crippen molar-refractivity contribution < 1.29 is 9.32 Å². The third-order valence-corrected chi connectivity index (χ3v) is 4.06. The minimum atomic E-state index is -0.105. The Balaban J connectivity index is 1.86. The van der Waals surface area contributed by atoms with Gasteiger partial charge in [0.05, 0.1) is 5.69 Å². The summed E-state index contributed by atoms with van der Waals surface area (Å²) in [7, 11) is 0. The molecular weight excluding hydrogens is 304 g/mol. The number of carbonyl (C=O) groups excluding carboxylic acids is 1. The SMILES string of the molecule is CC(=O)N(CCc1noc2cc(=O)ccc-2c1C)c1ccccc1. The summed E-state index contributed by atoms with van der Waals surface area (Å²) < 4.78 is 5.35. The first-order valence-electron chi connectivity index (χ1n) is 7.78. The van der Waals surface area contributed by atoms with Crippen molar-refractivity contribution >= 4 is 11.6 Å². The van der Waals surface area contributed by atoms with Gasteiger partial charge in [-0.1, -0.05) is 23.4 Å². The second kappa shape index (κ2) is 6.66. The fraction of sp³-hybridized carbons (Fsp3) is 0.211. The number of aromatic nitrogens is 1. The summed E-state index contributed by atoms with van der Waals surface area (Å²) in [6, 6.07) is 14.2. The number of nitrogens with zero attached hydrogens (tertiary/aromatic N) is 2. The average molecular weight is 322 g/mol. The van der Waals surface area contributed by atoms with Crippen LogP contribution < -0.4 is 10.3 Å². The molecule has 0 aromatic heterocycles. The molecule has 1 aromatic carbocycles.